The summed E-state index contributed by atoms with van der Waals surface area (Å²) >= 11 is 0. The second kappa shape index (κ2) is 7.65. The van der Waals surface area contributed by atoms with Crippen molar-refractivity contribution in [2.24, 2.45) is 5.41 Å². The lowest BCUT2D eigenvalue weighted by Gasteiger charge is -2.32. The molecule has 0 radical (unpaired) electrons. The van der Waals surface area contributed by atoms with Crippen LogP contribution in [0.1, 0.15) is 45.9 Å². The van der Waals surface area contributed by atoms with Crippen molar-refractivity contribution >= 4 is 26.5 Å². The van der Waals surface area contributed by atoms with E-state index in [9.17, 15) is 9.59 Å². The lowest BCUT2D eigenvalue weighted by atomic mass is 9.87. The van der Waals surface area contributed by atoms with Crippen LogP contribution in [0.25, 0.3) is 0 Å². The summed E-state index contributed by atoms with van der Waals surface area (Å²) in [7, 11) is -1.23. The van der Waals surface area contributed by atoms with Gasteiger partial charge in [0.25, 0.3) is 0 Å². The molecule has 0 saturated carbocycles. The maximum atomic E-state index is 11.7. The van der Waals surface area contributed by atoms with Gasteiger partial charge in [-0.2, -0.15) is 0 Å². The highest BCUT2D eigenvalue weighted by molar-refractivity contribution is 6.48. The molecule has 5 nitrogen and oxygen atoms in total. The summed E-state index contributed by atoms with van der Waals surface area (Å²) in [6.07, 6.45) is -0.256. The number of carbonyl (C=O) groups excluding carboxylic acids is 2. The third-order valence-electron chi connectivity index (χ3n) is 2.91. The molecular weight excluding hydrogens is 296 g/mol. The average Bonchev–Trinajstić information content (AvgIpc) is 2.33. The topological polar surface area (TPSA) is 68.3 Å². The number of carbonyl (C=O) groups is 2. The molecule has 0 bridgehead atoms. The Balaban J connectivity index is 2.97. The monoisotopic (exact) mass is 322 g/mol. The van der Waals surface area contributed by atoms with E-state index in [4.69, 9.17) is 4.43 Å². The highest BCUT2D eigenvalue weighted by atomic mass is 28.3. The van der Waals surface area contributed by atoms with Gasteiger partial charge in [-0.15, -0.1) is 0 Å². The fraction of sp³-hybridized carbons (Fsp3) is 0.562. The molecule has 6 heteroatoms. The van der Waals surface area contributed by atoms with Crippen LogP contribution in [-0.4, -0.2) is 25.7 Å². The summed E-state index contributed by atoms with van der Waals surface area (Å²) in [6.45, 7) is 12.0. The molecule has 0 aliphatic carbocycles. The number of amides is 1. The van der Waals surface area contributed by atoms with Gasteiger partial charge in [0.2, 0.25) is 5.91 Å². The minimum Gasteiger partial charge on any atom is -0.412 e. The molecule has 0 aliphatic heterocycles. The van der Waals surface area contributed by atoms with Gasteiger partial charge in [-0.05, 0) is 37.6 Å². The Morgan fingerprint density at radius 3 is 2.45 bits per heavy atom. The van der Waals surface area contributed by atoms with E-state index in [1.54, 1.807) is 6.07 Å². The lowest BCUT2D eigenvalue weighted by molar-refractivity contribution is -0.124. The standard InChI is InChI=1S/C16H26N2O3Si/c1-11(19)10-14(20)18-13-9-7-8-12(17-13)15(16(2,3)4)21-22(5)6/h7-9,15,22H,10H2,1-6H3,(H,17,18,20). The third-order valence-corrected chi connectivity index (χ3v) is 3.73. The Bertz CT molecular complexity index is 538. The Kier molecular flexibility index (Phi) is 6.43. The fourth-order valence-corrected chi connectivity index (χ4v) is 3.16. The lowest BCUT2D eigenvalue weighted by Crippen LogP contribution is -2.27. The van der Waals surface area contributed by atoms with Crippen LogP contribution in [0, 0.1) is 5.41 Å². The van der Waals surface area contributed by atoms with Crippen LogP contribution in [0.4, 0.5) is 5.82 Å². The van der Waals surface area contributed by atoms with E-state index in [-0.39, 0.29) is 29.6 Å². The van der Waals surface area contributed by atoms with E-state index in [1.807, 2.05) is 12.1 Å². The zero-order valence-electron chi connectivity index (χ0n) is 14.3. The first kappa shape index (κ1) is 18.5. The van der Waals surface area contributed by atoms with E-state index >= 15 is 0 Å². The molecule has 1 rings (SSSR count). The summed E-state index contributed by atoms with van der Waals surface area (Å²) < 4.78 is 6.13. The van der Waals surface area contributed by atoms with Crippen molar-refractivity contribution in [2.75, 3.05) is 5.32 Å². The van der Waals surface area contributed by atoms with Gasteiger partial charge in [-0.1, -0.05) is 26.8 Å². The predicted octanol–water partition coefficient (Wildman–Crippen LogP) is 3.09. The number of anilines is 1. The van der Waals surface area contributed by atoms with Crippen LogP contribution in [0.5, 0.6) is 0 Å². The molecule has 1 unspecified atom stereocenters. The zero-order chi connectivity index (χ0) is 16.9. The van der Waals surface area contributed by atoms with Gasteiger partial charge in [-0.3, -0.25) is 9.59 Å². The van der Waals surface area contributed by atoms with Gasteiger partial charge < -0.3 is 9.74 Å². The largest absolute Gasteiger partial charge is 0.412 e. The van der Waals surface area contributed by atoms with Crippen LogP contribution in [0.15, 0.2) is 18.2 Å². The molecule has 1 amide bonds. The van der Waals surface area contributed by atoms with Crippen molar-refractivity contribution in [3.63, 3.8) is 0 Å². The van der Waals surface area contributed by atoms with Gasteiger partial charge in [0, 0.05) is 0 Å². The minimum absolute atomic E-state index is 0.0910. The molecule has 0 aromatic carbocycles. The average molecular weight is 322 g/mol. The Labute approximate surface area is 134 Å². The molecule has 1 N–H and O–H groups in total. The summed E-state index contributed by atoms with van der Waals surface area (Å²) in [6, 6.07) is 5.47. The maximum Gasteiger partial charge on any atom is 0.232 e. The molecule has 0 spiro atoms. The normalized spacial score (nSPS) is 13.0. The van der Waals surface area contributed by atoms with Gasteiger partial charge in [-0.25, -0.2) is 4.98 Å². The number of ketones is 1. The van der Waals surface area contributed by atoms with Crippen molar-refractivity contribution in [1.29, 1.82) is 0 Å². The first-order chi connectivity index (χ1) is 10.1. The second-order valence-corrected chi connectivity index (χ2v) is 9.18. The summed E-state index contributed by atoms with van der Waals surface area (Å²) in [4.78, 5) is 27.2. The van der Waals surface area contributed by atoms with Gasteiger partial charge >= 0.3 is 0 Å². The Morgan fingerprint density at radius 1 is 1.32 bits per heavy atom. The summed E-state index contributed by atoms with van der Waals surface area (Å²) in [5.74, 6) is -0.0639. The number of rotatable bonds is 6. The molecule has 22 heavy (non-hydrogen) atoms. The number of hydrogen-bond donors (Lipinski definition) is 1. The quantitative estimate of drug-likeness (QED) is 0.645. The summed E-state index contributed by atoms with van der Waals surface area (Å²) in [5, 5.41) is 2.66. The number of nitrogens with one attached hydrogen (secondary N) is 1. The maximum absolute atomic E-state index is 11.7. The number of aromatic nitrogens is 1. The molecule has 1 aromatic heterocycles. The van der Waals surface area contributed by atoms with Crippen molar-refractivity contribution in [3.8, 4) is 0 Å². The number of nitrogens with zero attached hydrogens (tertiary/aromatic N) is 1. The second-order valence-electron chi connectivity index (χ2n) is 6.81. The minimum atomic E-state index is -1.23. The molecule has 0 fully saturated rings. The van der Waals surface area contributed by atoms with Crippen LogP contribution < -0.4 is 5.32 Å². The van der Waals surface area contributed by atoms with E-state index in [1.165, 1.54) is 6.92 Å². The van der Waals surface area contributed by atoms with E-state index in [0.717, 1.165) is 5.69 Å². The SMILES string of the molecule is CC(=O)CC(=O)Nc1cccc(C(O[SiH](C)C)C(C)(C)C)n1. The number of hydrogen-bond acceptors (Lipinski definition) is 4. The molecule has 1 aromatic rings. The van der Waals surface area contributed by atoms with Crippen LogP contribution >= 0.6 is 0 Å². The van der Waals surface area contributed by atoms with Crippen LogP contribution in [0.2, 0.25) is 13.1 Å². The number of pyridine rings is 1. The van der Waals surface area contributed by atoms with Crippen molar-refractivity contribution in [3.05, 3.63) is 23.9 Å². The van der Waals surface area contributed by atoms with E-state index < -0.39 is 9.04 Å². The highest BCUT2D eigenvalue weighted by Crippen LogP contribution is 2.36. The molecule has 122 valence electrons. The first-order valence-corrected chi connectivity index (χ1v) is 10.3. The van der Waals surface area contributed by atoms with Gasteiger partial charge in [0.1, 0.15) is 11.6 Å². The molecule has 0 aliphatic rings. The van der Waals surface area contributed by atoms with Gasteiger partial charge in [0.05, 0.1) is 18.2 Å². The van der Waals surface area contributed by atoms with Crippen molar-refractivity contribution in [2.45, 2.75) is 53.3 Å². The van der Waals surface area contributed by atoms with E-state index in [0.29, 0.717) is 5.82 Å². The molecular formula is C16H26N2O3Si. The third kappa shape index (κ3) is 6.07. The van der Waals surface area contributed by atoms with Crippen LogP contribution in [0.3, 0.4) is 0 Å². The molecule has 1 heterocycles. The van der Waals surface area contributed by atoms with Crippen molar-refractivity contribution < 1.29 is 14.0 Å². The van der Waals surface area contributed by atoms with E-state index in [2.05, 4.69) is 44.2 Å². The van der Waals surface area contributed by atoms with Crippen LogP contribution in [-0.2, 0) is 14.0 Å². The predicted molar refractivity (Wildman–Crippen MR) is 90.3 cm³/mol. The smallest absolute Gasteiger partial charge is 0.232 e. The van der Waals surface area contributed by atoms with Crippen molar-refractivity contribution in [1.82, 2.24) is 4.98 Å². The zero-order valence-corrected chi connectivity index (χ0v) is 15.4. The fourth-order valence-electron chi connectivity index (χ4n) is 2.07. The molecule has 0 saturated heterocycles. The Morgan fingerprint density at radius 2 is 1.95 bits per heavy atom. The highest BCUT2D eigenvalue weighted by Gasteiger charge is 2.29. The van der Waals surface area contributed by atoms with Gasteiger partial charge in [0.15, 0.2) is 9.04 Å². The first-order valence-electron chi connectivity index (χ1n) is 7.51. The molecule has 1 atom stereocenters. The Hall–Kier alpha value is -1.53. The summed E-state index contributed by atoms with van der Waals surface area (Å²) in [5.41, 5.74) is 0.709. The number of Topliss-reactive ketones (excluding diaryl/α,β-unsaturated/α-hetero) is 1.